The first kappa shape index (κ1) is 17.1. The molecule has 1 aromatic heterocycles. The van der Waals surface area contributed by atoms with Gasteiger partial charge in [-0.25, -0.2) is 9.78 Å². The molecule has 0 aliphatic rings. The van der Waals surface area contributed by atoms with Gasteiger partial charge < -0.3 is 26.8 Å². The number of anilines is 2. The third-order valence-corrected chi connectivity index (χ3v) is 2.62. The smallest absolute Gasteiger partial charge is 0.320 e. The van der Waals surface area contributed by atoms with Crippen molar-refractivity contribution in [1.29, 1.82) is 5.41 Å². The van der Waals surface area contributed by atoms with Gasteiger partial charge in [-0.05, 0) is 6.92 Å². The first-order valence-electron chi connectivity index (χ1n) is 6.60. The Labute approximate surface area is 128 Å². The number of nitrogens with two attached hydrogens (primary N) is 2. The first-order valence-corrected chi connectivity index (χ1v) is 6.60. The molecule has 1 aromatic rings. The molecule has 120 valence electrons. The van der Waals surface area contributed by atoms with Crippen molar-refractivity contribution in [2.45, 2.75) is 13.5 Å². The molecule has 2 amide bonds. The summed E-state index contributed by atoms with van der Waals surface area (Å²) in [5, 5.41) is 15.9. The predicted octanol–water partition coefficient (Wildman–Crippen LogP) is 0.296. The molecule has 0 bridgehead atoms. The Morgan fingerprint density at radius 3 is 2.86 bits per heavy atom. The van der Waals surface area contributed by atoms with Crippen molar-refractivity contribution in [3.63, 3.8) is 0 Å². The normalized spacial score (nSPS) is 10.3. The summed E-state index contributed by atoms with van der Waals surface area (Å²) in [7, 11) is 1.37. The van der Waals surface area contributed by atoms with Crippen LogP contribution in [0.25, 0.3) is 0 Å². The number of rotatable bonds is 6. The van der Waals surface area contributed by atoms with E-state index in [0.717, 1.165) is 0 Å². The molecule has 0 saturated heterocycles. The topological polar surface area (TPSA) is 151 Å². The lowest BCUT2D eigenvalue weighted by Crippen LogP contribution is -2.29. The second kappa shape index (κ2) is 8.35. The van der Waals surface area contributed by atoms with Gasteiger partial charge in [0.05, 0.1) is 24.9 Å². The minimum atomic E-state index is -0.385. The van der Waals surface area contributed by atoms with Gasteiger partial charge in [0.1, 0.15) is 5.82 Å². The molecule has 0 radical (unpaired) electrons. The van der Waals surface area contributed by atoms with Crippen LogP contribution < -0.4 is 27.4 Å². The number of pyridine rings is 1. The minimum absolute atomic E-state index is 0.108. The van der Waals surface area contributed by atoms with E-state index in [9.17, 15) is 4.79 Å². The average Bonchev–Trinajstić information content (AvgIpc) is 2.46. The summed E-state index contributed by atoms with van der Waals surface area (Å²) >= 11 is 0. The van der Waals surface area contributed by atoms with E-state index in [0.29, 0.717) is 17.8 Å². The summed E-state index contributed by atoms with van der Waals surface area (Å²) < 4.78 is 4.92. The predicted molar refractivity (Wildman–Crippen MR) is 85.3 cm³/mol. The van der Waals surface area contributed by atoms with E-state index in [4.69, 9.17) is 21.6 Å². The Hall–Kier alpha value is -2.97. The van der Waals surface area contributed by atoms with Crippen LogP contribution in [0.5, 0.6) is 0 Å². The van der Waals surface area contributed by atoms with Gasteiger partial charge in [0.2, 0.25) is 5.90 Å². The zero-order chi connectivity index (χ0) is 16.5. The molecule has 0 aromatic carbocycles. The molecule has 0 atom stereocenters. The molecule has 9 nitrogen and oxygen atoms in total. The van der Waals surface area contributed by atoms with Crippen LogP contribution in [0, 0.1) is 5.41 Å². The second-order valence-electron chi connectivity index (χ2n) is 4.18. The molecule has 0 spiro atoms. The highest BCUT2D eigenvalue weighted by Gasteiger charge is 2.16. The maximum absolute atomic E-state index is 11.6. The lowest BCUT2D eigenvalue weighted by Gasteiger charge is -2.14. The number of methoxy groups -OCH3 is 1. The number of urea groups is 1. The molecule has 0 unspecified atom stereocenters. The SMILES string of the molecule is CCNC(=O)Nc1cc(N)c(C(=N)OC)c(CN/C=C\N)n1. The van der Waals surface area contributed by atoms with Gasteiger partial charge >= 0.3 is 6.03 Å². The molecule has 0 aliphatic heterocycles. The number of amides is 2. The summed E-state index contributed by atoms with van der Waals surface area (Å²) in [5.74, 6) is 0.174. The van der Waals surface area contributed by atoms with Crippen molar-refractivity contribution < 1.29 is 9.53 Å². The van der Waals surface area contributed by atoms with Gasteiger partial charge in [-0.15, -0.1) is 0 Å². The molecule has 0 saturated carbocycles. The summed E-state index contributed by atoms with van der Waals surface area (Å²) in [4.78, 5) is 15.8. The maximum atomic E-state index is 11.6. The van der Waals surface area contributed by atoms with Crippen LogP contribution in [0.2, 0.25) is 0 Å². The Kier molecular flexibility index (Phi) is 6.48. The molecular formula is C13H21N7O2. The molecule has 0 fully saturated rings. The average molecular weight is 307 g/mol. The van der Waals surface area contributed by atoms with Crippen molar-refractivity contribution in [2.75, 3.05) is 24.7 Å². The van der Waals surface area contributed by atoms with Crippen molar-refractivity contribution in [3.8, 4) is 0 Å². The summed E-state index contributed by atoms with van der Waals surface area (Å²) in [6, 6.07) is 1.09. The quantitative estimate of drug-likeness (QED) is 0.328. The van der Waals surface area contributed by atoms with Gasteiger partial charge in [-0.2, -0.15) is 0 Å². The van der Waals surface area contributed by atoms with Crippen LogP contribution in [0.4, 0.5) is 16.3 Å². The standard InChI is InChI=1S/C13H21N7O2/c1-3-18-13(21)20-10-6-8(15)11(12(16)22-2)9(19-10)7-17-5-4-14/h4-6,16-17H,3,7,14H2,1-2H3,(H4,15,18,19,20,21)/b5-4-,16-12?. The number of nitrogens with one attached hydrogen (secondary N) is 4. The van der Waals surface area contributed by atoms with Gasteiger partial charge in [-0.3, -0.25) is 10.7 Å². The van der Waals surface area contributed by atoms with Crippen molar-refractivity contribution in [3.05, 3.63) is 29.7 Å². The van der Waals surface area contributed by atoms with E-state index in [1.54, 1.807) is 6.92 Å². The number of nitrogen functional groups attached to an aromatic ring is 1. The van der Waals surface area contributed by atoms with E-state index >= 15 is 0 Å². The highest BCUT2D eigenvalue weighted by atomic mass is 16.5. The van der Waals surface area contributed by atoms with E-state index in [1.807, 2.05) is 0 Å². The highest BCUT2D eigenvalue weighted by molar-refractivity contribution is 5.99. The van der Waals surface area contributed by atoms with E-state index in [-0.39, 0.29) is 30.0 Å². The van der Waals surface area contributed by atoms with E-state index in [2.05, 4.69) is 20.9 Å². The van der Waals surface area contributed by atoms with Crippen LogP contribution >= 0.6 is 0 Å². The highest BCUT2D eigenvalue weighted by Crippen LogP contribution is 2.21. The molecule has 1 rings (SSSR count). The van der Waals surface area contributed by atoms with Crippen LogP contribution in [-0.2, 0) is 11.3 Å². The van der Waals surface area contributed by atoms with Crippen molar-refractivity contribution >= 4 is 23.4 Å². The lowest BCUT2D eigenvalue weighted by atomic mass is 10.1. The van der Waals surface area contributed by atoms with Gasteiger partial charge in [0.15, 0.2) is 0 Å². The fourth-order valence-corrected chi connectivity index (χ4v) is 1.72. The summed E-state index contributed by atoms with van der Waals surface area (Å²) in [5.41, 5.74) is 12.3. The van der Waals surface area contributed by atoms with Crippen LogP contribution in [-0.4, -0.2) is 30.6 Å². The van der Waals surface area contributed by atoms with Crippen LogP contribution in [0.3, 0.4) is 0 Å². The van der Waals surface area contributed by atoms with Crippen LogP contribution in [0.15, 0.2) is 18.5 Å². The fourth-order valence-electron chi connectivity index (χ4n) is 1.72. The molecule has 1 heterocycles. The Balaban J connectivity index is 3.12. The Morgan fingerprint density at radius 1 is 1.55 bits per heavy atom. The summed E-state index contributed by atoms with van der Waals surface area (Å²) in [6.45, 7) is 2.56. The van der Waals surface area contributed by atoms with Crippen LogP contribution in [0.1, 0.15) is 18.2 Å². The summed E-state index contributed by atoms with van der Waals surface area (Å²) in [6.07, 6.45) is 2.86. The number of nitrogens with zero attached hydrogens (tertiary/aromatic N) is 1. The van der Waals surface area contributed by atoms with E-state index < -0.39 is 0 Å². The molecule has 8 N–H and O–H groups in total. The third kappa shape index (κ3) is 4.54. The molecule has 9 heteroatoms. The molecular weight excluding hydrogens is 286 g/mol. The van der Waals surface area contributed by atoms with Gasteiger partial charge in [-0.1, -0.05) is 0 Å². The van der Waals surface area contributed by atoms with E-state index in [1.165, 1.54) is 25.6 Å². The number of hydrogen-bond donors (Lipinski definition) is 6. The fraction of sp³-hybridized carbons (Fsp3) is 0.308. The van der Waals surface area contributed by atoms with Gasteiger partial charge in [0.25, 0.3) is 0 Å². The van der Waals surface area contributed by atoms with Crippen molar-refractivity contribution in [2.24, 2.45) is 5.73 Å². The second-order valence-corrected chi connectivity index (χ2v) is 4.18. The maximum Gasteiger partial charge on any atom is 0.320 e. The first-order chi connectivity index (χ1) is 10.5. The largest absolute Gasteiger partial charge is 0.481 e. The number of carbonyl (C=O) groups is 1. The van der Waals surface area contributed by atoms with Crippen molar-refractivity contribution in [1.82, 2.24) is 15.6 Å². The monoisotopic (exact) mass is 307 g/mol. The van der Waals surface area contributed by atoms with Gasteiger partial charge in [0, 0.05) is 30.7 Å². The zero-order valence-electron chi connectivity index (χ0n) is 12.6. The third-order valence-electron chi connectivity index (χ3n) is 2.62. The lowest BCUT2D eigenvalue weighted by molar-refractivity contribution is 0.252. The molecule has 0 aliphatic carbocycles. The molecule has 22 heavy (non-hydrogen) atoms. The number of carbonyl (C=O) groups excluding carboxylic acids is 1. The number of hydrogen-bond acceptors (Lipinski definition) is 7. The Morgan fingerprint density at radius 2 is 2.27 bits per heavy atom. The minimum Gasteiger partial charge on any atom is -0.481 e. The number of aromatic nitrogens is 1. The Bertz CT molecular complexity index is 572. The zero-order valence-corrected chi connectivity index (χ0v) is 12.6. The number of ether oxygens (including phenoxy) is 1.